The molecule has 2 aromatic carbocycles. The zero-order valence-corrected chi connectivity index (χ0v) is 14.3. The van der Waals surface area contributed by atoms with Gasteiger partial charge in [0.25, 0.3) is 0 Å². The zero-order chi connectivity index (χ0) is 18.9. The van der Waals surface area contributed by atoms with Crippen LogP contribution in [0, 0.1) is 6.92 Å². The number of aryl methyl sites for hydroxylation is 1. The Balaban J connectivity index is 1.82. The van der Waals surface area contributed by atoms with Gasteiger partial charge in [-0.25, -0.2) is 0 Å². The normalized spacial score (nSPS) is 13.9. The molecule has 0 atom stereocenters. The van der Waals surface area contributed by atoms with Gasteiger partial charge >= 0.3 is 6.18 Å². The van der Waals surface area contributed by atoms with Gasteiger partial charge in [0.2, 0.25) is 0 Å². The van der Waals surface area contributed by atoms with Crippen LogP contribution < -0.4 is 9.47 Å². The smallest absolute Gasteiger partial charge is 0.416 e. The van der Waals surface area contributed by atoms with Gasteiger partial charge in [0, 0.05) is 22.8 Å². The minimum absolute atomic E-state index is 0.0704. The number of hydrogen-bond acceptors (Lipinski definition) is 3. The molecular formula is C20H17F3O3. The van der Waals surface area contributed by atoms with Crippen molar-refractivity contribution in [3.8, 4) is 11.5 Å². The third-order valence-corrected chi connectivity index (χ3v) is 4.33. The lowest BCUT2D eigenvalue weighted by Crippen LogP contribution is -2.12. The Morgan fingerprint density at radius 3 is 2.62 bits per heavy atom. The average Bonchev–Trinajstić information content (AvgIpc) is 2.60. The van der Waals surface area contributed by atoms with Gasteiger partial charge in [-0.1, -0.05) is 17.7 Å². The highest BCUT2D eigenvalue weighted by atomic mass is 19.4. The van der Waals surface area contributed by atoms with E-state index in [4.69, 9.17) is 9.47 Å². The lowest BCUT2D eigenvalue weighted by Gasteiger charge is -2.20. The molecule has 3 rings (SSSR count). The van der Waals surface area contributed by atoms with Crippen LogP contribution in [0.25, 0.3) is 5.57 Å². The van der Waals surface area contributed by atoms with Crippen LogP contribution in [-0.2, 0) is 17.6 Å². The molecule has 0 radical (unpaired) electrons. The second-order valence-corrected chi connectivity index (χ2v) is 6.16. The summed E-state index contributed by atoms with van der Waals surface area (Å²) in [7, 11) is 0. The molecule has 2 aromatic rings. The molecule has 0 N–H and O–H groups in total. The average molecular weight is 362 g/mol. The van der Waals surface area contributed by atoms with E-state index in [1.807, 2.05) is 6.92 Å². The summed E-state index contributed by atoms with van der Waals surface area (Å²) in [6.45, 7) is 3.40. The molecule has 0 unspecified atom stereocenters. The van der Waals surface area contributed by atoms with Crippen molar-refractivity contribution in [2.24, 2.45) is 0 Å². The van der Waals surface area contributed by atoms with E-state index in [1.165, 1.54) is 6.07 Å². The number of carbonyl (C=O) groups is 1. The third kappa shape index (κ3) is 3.59. The summed E-state index contributed by atoms with van der Waals surface area (Å²) in [5.74, 6) is 0.949. The first-order valence-electron chi connectivity index (χ1n) is 8.01. The number of rotatable bonds is 4. The SMILES string of the molecule is CC1=C(C=O)COc2cc(OCc3ccc(C)cc3C(F)(F)F)ccc21. The summed E-state index contributed by atoms with van der Waals surface area (Å²) < 4.78 is 50.6. The molecule has 1 heterocycles. The van der Waals surface area contributed by atoms with Gasteiger partial charge in [-0.2, -0.15) is 13.2 Å². The Hall–Kier alpha value is -2.76. The van der Waals surface area contributed by atoms with Crippen molar-refractivity contribution >= 4 is 11.9 Å². The van der Waals surface area contributed by atoms with E-state index < -0.39 is 11.7 Å². The predicted molar refractivity (Wildman–Crippen MR) is 91.1 cm³/mol. The minimum Gasteiger partial charge on any atom is -0.489 e. The van der Waals surface area contributed by atoms with Crippen LogP contribution in [0.3, 0.4) is 0 Å². The Bertz CT molecular complexity index is 882. The Morgan fingerprint density at radius 2 is 1.92 bits per heavy atom. The number of benzene rings is 2. The van der Waals surface area contributed by atoms with E-state index in [0.717, 1.165) is 23.5 Å². The number of carbonyl (C=O) groups excluding carboxylic acids is 1. The van der Waals surface area contributed by atoms with Gasteiger partial charge in [0.1, 0.15) is 31.0 Å². The molecule has 1 aliphatic rings. The van der Waals surface area contributed by atoms with Gasteiger partial charge in [-0.05, 0) is 37.6 Å². The third-order valence-electron chi connectivity index (χ3n) is 4.33. The summed E-state index contributed by atoms with van der Waals surface area (Å²) in [5.41, 5.74) is 2.09. The van der Waals surface area contributed by atoms with Crippen LogP contribution >= 0.6 is 0 Å². The number of ether oxygens (including phenoxy) is 2. The van der Waals surface area contributed by atoms with E-state index in [2.05, 4.69) is 0 Å². The largest absolute Gasteiger partial charge is 0.489 e. The van der Waals surface area contributed by atoms with Crippen LogP contribution in [0.4, 0.5) is 13.2 Å². The highest BCUT2D eigenvalue weighted by Gasteiger charge is 2.33. The molecule has 0 aliphatic carbocycles. The van der Waals surface area contributed by atoms with Crippen LogP contribution in [0.15, 0.2) is 42.0 Å². The number of halogens is 3. The van der Waals surface area contributed by atoms with Crippen molar-refractivity contribution in [3.05, 3.63) is 64.2 Å². The lowest BCUT2D eigenvalue weighted by molar-refractivity contribution is -0.138. The first kappa shape index (κ1) is 18.0. The van der Waals surface area contributed by atoms with Crippen LogP contribution in [0.2, 0.25) is 0 Å². The molecule has 6 heteroatoms. The Morgan fingerprint density at radius 1 is 1.15 bits per heavy atom. The van der Waals surface area contributed by atoms with E-state index >= 15 is 0 Å². The summed E-state index contributed by atoms with van der Waals surface area (Å²) in [6, 6.07) is 9.18. The molecule has 26 heavy (non-hydrogen) atoms. The topological polar surface area (TPSA) is 35.5 Å². The fraction of sp³-hybridized carbons (Fsp3) is 0.250. The number of hydrogen-bond donors (Lipinski definition) is 0. The highest BCUT2D eigenvalue weighted by Crippen LogP contribution is 2.36. The molecule has 0 saturated carbocycles. The summed E-state index contributed by atoms with van der Waals surface area (Å²) in [6.07, 6.45) is -3.67. The second-order valence-electron chi connectivity index (χ2n) is 6.16. The maximum Gasteiger partial charge on any atom is 0.416 e. The van der Waals surface area contributed by atoms with Crippen molar-refractivity contribution in [3.63, 3.8) is 0 Å². The molecule has 136 valence electrons. The minimum atomic E-state index is -4.43. The van der Waals surface area contributed by atoms with Crippen LogP contribution in [0.1, 0.15) is 29.2 Å². The molecule has 1 aliphatic heterocycles. The molecule has 0 spiro atoms. The van der Waals surface area contributed by atoms with Gasteiger partial charge in [0.05, 0.1) is 5.56 Å². The Labute approximate surface area is 149 Å². The van der Waals surface area contributed by atoms with Crippen molar-refractivity contribution in [1.29, 1.82) is 0 Å². The maximum absolute atomic E-state index is 13.2. The first-order valence-corrected chi connectivity index (χ1v) is 8.01. The molecule has 0 bridgehead atoms. The monoisotopic (exact) mass is 362 g/mol. The van der Waals surface area contributed by atoms with E-state index in [-0.39, 0.29) is 18.8 Å². The fourth-order valence-corrected chi connectivity index (χ4v) is 2.82. The number of aldehydes is 1. The molecule has 3 nitrogen and oxygen atoms in total. The number of alkyl halides is 3. The molecule has 0 amide bonds. The van der Waals surface area contributed by atoms with Crippen molar-refractivity contribution < 1.29 is 27.4 Å². The first-order chi connectivity index (χ1) is 12.3. The number of allylic oxidation sites excluding steroid dienone is 1. The van der Waals surface area contributed by atoms with Gasteiger partial charge in [0.15, 0.2) is 0 Å². The number of fused-ring (bicyclic) bond motifs is 1. The molecule has 0 aromatic heterocycles. The lowest BCUT2D eigenvalue weighted by atomic mass is 9.99. The predicted octanol–water partition coefficient (Wildman–Crippen LogP) is 4.96. The highest BCUT2D eigenvalue weighted by molar-refractivity contribution is 5.90. The van der Waals surface area contributed by atoms with Gasteiger partial charge in [-0.15, -0.1) is 0 Å². The standard InChI is InChI=1S/C20H17F3O3/c1-12-3-4-14(18(7-12)20(21,22)23)10-25-16-5-6-17-13(2)15(9-24)11-26-19(17)8-16/h3-9H,10-11H2,1-2H3. The van der Waals surface area contributed by atoms with E-state index in [9.17, 15) is 18.0 Å². The van der Waals surface area contributed by atoms with Crippen LogP contribution in [-0.4, -0.2) is 12.9 Å². The van der Waals surface area contributed by atoms with E-state index in [1.54, 1.807) is 31.2 Å². The maximum atomic E-state index is 13.2. The Kier molecular flexibility index (Phi) is 4.76. The summed E-state index contributed by atoms with van der Waals surface area (Å²) in [4.78, 5) is 11.0. The summed E-state index contributed by atoms with van der Waals surface area (Å²) >= 11 is 0. The van der Waals surface area contributed by atoms with Gasteiger partial charge < -0.3 is 9.47 Å². The molecule has 0 saturated heterocycles. The van der Waals surface area contributed by atoms with Crippen LogP contribution in [0.5, 0.6) is 11.5 Å². The zero-order valence-electron chi connectivity index (χ0n) is 14.3. The molecular weight excluding hydrogens is 345 g/mol. The second kappa shape index (κ2) is 6.86. The fourth-order valence-electron chi connectivity index (χ4n) is 2.82. The van der Waals surface area contributed by atoms with Crippen molar-refractivity contribution in [2.45, 2.75) is 26.6 Å². The van der Waals surface area contributed by atoms with Crippen molar-refractivity contribution in [1.82, 2.24) is 0 Å². The van der Waals surface area contributed by atoms with E-state index in [0.29, 0.717) is 22.6 Å². The summed E-state index contributed by atoms with van der Waals surface area (Å²) in [5, 5.41) is 0. The van der Waals surface area contributed by atoms with Crippen molar-refractivity contribution in [2.75, 3.05) is 6.61 Å². The quantitative estimate of drug-likeness (QED) is 0.722. The van der Waals surface area contributed by atoms with Gasteiger partial charge in [-0.3, -0.25) is 4.79 Å². The molecule has 0 fully saturated rings.